The predicted molar refractivity (Wildman–Crippen MR) is 144 cm³/mol. The molecule has 0 radical (unpaired) electrons. The molecule has 0 aliphatic rings. The van der Waals surface area contributed by atoms with E-state index in [1.807, 2.05) is 46.8 Å². The first-order chi connectivity index (χ1) is 18.5. The Morgan fingerprint density at radius 1 is 0.921 bits per heavy atom. The van der Waals surface area contributed by atoms with Gasteiger partial charge in [-0.15, -0.1) is 0 Å². The average molecular weight is 513 g/mol. The summed E-state index contributed by atoms with van der Waals surface area (Å²) in [7, 11) is 1.85. The third kappa shape index (κ3) is 4.31. The topological polar surface area (TPSA) is 72.6 Å². The molecule has 3 aromatic heterocycles. The van der Waals surface area contributed by atoms with Gasteiger partial charge in [-0.2, -0.15) is 5.10 Å². The Kier molecular flexibility index (Phi) is 6.13. The maximum Gasteiger partial charge on any atom is 0.348 e. The molecule has 0 saturated heterocycles. The molecule has 6 rings (SSSR count). The Balaban J connectivity index is 1.36. The van der Waals surface area contributed by atoms with E-state index in [1.54, 1.807) is 12.1 Å². The summed E-state index contributed by atoms with van der Waals surface area (Å²) in [6.07, 6.45) is 4.50. The highest BCUT2D eigenvalue weighted by molar-refractivity contribution is 5.96. The number of aromatic amines is 1. The fourth-order valence-electron chi connectivity index (χ4n) is 5.06. The summed E-state index contributed by atoms with van der Waals surface area (Å²) in [5.74, 6) is -0.445. The Morgan fingerprint density at radius 2 is 1.66 bits per heavy atom. The van der Waals surface area contributed by atoms with Crippen molar-refractivity contribution in [1.29, 1.82) is 0 Å². The van der Waals surface area contributed by atoms with Crippen LogP contribution in [0.5, 0.6) is 0 Å². The zero-order valence-corrected chi connectivity index (χ0v) is 20.8. The molecule has 0 saturated carbocycles. The Hall–Kier alpha value is -4.50. The summed E-state index contributed by atoms with van der Waals surface area (Å²) in [6.45, 7) is 2.25. The van der Waals surface area contributed by atoms with Crippen LogP contribution in [0.1, 0.15) is 12.0 Å². The van der Waals surface area contributed by atoms with Crippen molar-refractivity contribution >= 4 is 21.8 Å². The van der Waals surface area contributed by atoms with Gasteiger partial charge in [-0.3, -0.25) is 0 Å². The lowest BCUT2D eigenvalue weighted by Crippen LogP contribution is -2.16. The lowest BCUT2D eigenvalue weighted by atomic mass is 10.1. The lowest BCUT2D eigenvalue weighted by molar-refractivity contribution is 0.590. The maximum absolute atomic E-state index is 14.4. The van der Waals surface area contributed by atoms with Gasteiger partial charge in [0.1, 0.15) is 11.6 Å². The molecule has 7 nitrogen and oxygen atoms in total. The minimum absolute atomic E-state index is 0.332. The van der Waals surface area contributed by atoms with Crippen molar-refractivity contribution in [3.05, 3.63) is 107 Å². The molecule has 0 bridgehead atoms. The molecule has 0 amide bonds. The van der Waals surface area contributed by atoms with Crippen LogP contribution >= 0.6 is 0 Å². The number of nitrogens with one attached hydrogen (secondary N) is 2. The Bertz CT molecular complexity index is 1810. The molecule has 0 aliphatic heterocycles. The molecule has 0 spiro atoms. The van der Waals surface area contributed by atoms with Gasteiger partial charge >= 0.3 is 5.69 Å². The van der Waals surface area contributed by atoms with Gasteiger partial charge in [0, 0.05) is 54.4 Å². The van der Waals surface area contributed by atoms with Gasteiger partial charge in [0.15, 0.2) is 5.82 Å². The maximum atomic E-state index is 14.4. The molecule has 0 atom stereocenters. The second kappa shape index (κ2) is 9.75. The van der Waals surface area contributed by atoms with E-state index in [0.717, 1.165) is 30.5 Å². The van der Waals surface area contributed by atoms with Crippen molar-refractivity contribution in [1.82, 2.24) is 29.2 Å². The molecular weight excluding hydrogens is 486 g/mol. The monoisotopic (exact) mass is 512 g/mol. The number of hydrogen-bond donors (Lipinski definition) is 2. The number of fused-ring (bicyclic) bond motifs is 2. The number of aromatic nitrogens is 5. The van der Waals surface area contributed by atoms with Gasteiger partial charge < -0.3 is 14.5 Å². The number of halogens is 2. The summed E-state index contributed by atoms with van der Waals surface area (Å²) >= 11 is 0. The van der Waals surface area contributed by atoms with Crippen LogP contribution in [0.25, 0.3) is 38.9 Å². The van der Waals surface area contributed by atoms with Gasteiger partial charge in [0.05, 0.1) is 11.2 Å². The second-order valence-electron chi connectivity index (χ2n) is 9.39. The van der Waals surface area contributed by atoms with E-state index < -0.39 is 11.5 Å². The highest BCUT2D eigenvalue weighted by atomic mass is 19.1. The number of benzene rings is 3. The summed E-state index contributed by atoms with van der Waals surface area (Å²) < 4.78 is 33.9. The predicted octanol–water partition coefficient (Wildman–Crippen LogP) is 5.13. The quantitative estimate of drug-likeness (QED) is 0.278. The lowest BCUT2D eigenvalue weighted by Gasteiger charge is -2.07. The number of hydrogen-bond acceptors (Lipinski definition) is 3. The highest BCUT2D eigenvalue weighted by Crippen LogP contribution is 2.32. The summed E-state index contributed by atoms with van der Waals surface area (Å²) in [5, 5.41) is 11.5. The number of H-pyrrole nitrogens is 1. The van der Waals surface area contributed by atoms with Crippen molar-refractivity contribution in [3.63, 3.8) is 0 Å². The van der Waals surface area contributed by atoms with Crippen LogP contribution in [-0.4, -0.2) is 30.4 Å². The van der Waals surface area contributed by atoms with E-state index in [0.29, 0.717) is 34.4 Å². The van der Waals surface area contributed by atoms with E-state index in [-0.39, 0.29) is 5.82 Å². The van der Waals surface area contributed by atoms with Gasteiger partial charge in [-0.25, -0.2) is 23.2 Å². The Morgan fingerprint density at radius 3 is 2.45 bits per heavy atom. The summed E-state index contributed by atoms with van der Waals surface area (Å²) in [6, 6.07) is 19.3. The van der Waals surface area contributed by atoms with Crippen LogP contribution in [0.3, 0.4) is 0 Å². The zero-order valence-electron chi connectivity index (χ0n) is 20.8. The van der Waals surface area contributed by atoms with Crippen LogP contribution in [0, 0.1) is 11.6 Å². The van der Waals surface area contributed by atoms with E-state index in [2.05, 4.69) is 27.6 Å². The molecule has 2 N–H and O–H groups in total. The SMILES string of the molecule is Cn1cc(-c2n[nH]c(=O)n2-c2cn(CCCNCc3ccccc3)c3ccc(F)cc23)c2cc(F)ccc21. The largest absolute Gasteiger partial charge is 0.350 e. The first-order valence-corrected chi connectivity index (χ1v) is 12.5. The molecule has 0 fully saturated rings. The number of aryl methyl sites for hydroxylation is 2. The molecule has 38 heavy (non-hydrogen) atoms. The van der Waals surface area contributed by atoms with Crippen LogP contribution in [0.2, 0.25) is 0 Å². The van der Waals surface area contributed by atoms with Crippen molar-refractivity contribution in [2.75, 3.05) is 6.54 Å². The normalized spacial score (nSPS) is 11.7. The smallest absolute Gasteiger partial charge is 0.348 e. The van der Waals surface area contributed by atoms with Crippen molar-refractivity contribution in [2.45, 2.75) is 19.5 Å². The minimum Gasteiger partial charge on any atom is -0.350 e. The second-order valence-corrected chi connectivity index (χ2v) is 9.39. The van der Waals surface area contributed by atoms with Crippen molar-refractivity contribution in [2.24, 2.45) is 7.05 Å². The number of rotatable bonds is 8. The van der Waals surface area contributed by atoms with E-state index in [1.165, 1.54) is 34.4 Å². The minimum atomic E-state index is -0.457. The van der Waals surface area contributed by atoms with Gasteiger partial charge in [-0.1, -0.05) is 30.3 Å². The molecule has 0 aliphatic carbocycles. The summed E-state index contributed by atoms with van der Waals surface area (Å²) in [5.41, 5.74) is 3.49. The van der Waals surface area contributed by atoms with E-state index >= 15 is 0 Å². The standard InChI is InChI=1S/C29H26F2N6O/c1-35-17-24(22-14-20(30)8-10-25(22)35)28-33-34-29(38)37(28)27-18-36(26-11-9-21(31)15-23(26)27)13-5-12-32-16-19-6-3-2-4-7-19/h2-4,6-11,14-15,17-18,32H,5,12-13,16H2,1H3,(H,34,38). The molecule has 192 valence electrons. The van der Waals surface area contributed by atoms with Crippen LogP contribution in [0.4, 0.5) is 8.78 Å². The summed E-state index contributed by atoms with van der Waals surface area (Å²) in [4.78, 5) is 13.0. The van der Waals surface area contributed by atoms with Crippen LogP contribution < -0.4 is 11.0 Å². The third-order valence-electron chi connectivity index (χ3n) is 6.85. The van der Waals surface area contributed by atoms with E-state index in [9.17, 15) is 13.6 Å². The average Bonchev–Trinajstić information content (AvgIpc) is 3.56. The van der Waals surface area contributed by atoms with Crippen molar-refractivity contribution in [3.8, 4) is 17.1 Å². The fraction of sp³-hybridized carbons (Fsp3) is 0.172. The highest BCUT2D eigenvalue weighted by Gasteiger charge is 2.21. The third-order valence-corrected chi connectivity index (χ3v) is 6.85. The molecule has 3 heterocycles. The zero-order chi connectivity index (χ0) is 26.2. The number of nitrogens with zero attached hydrogens (tertiary/aromatic N) is 4. The van der Waals surface area contributed by atoms with Gasteiger partial charge in [0.2, 0.25) is 0 Å². The van der Waals surface area contributed by atoms with E-state index in [4.69, 9.17) is 0 Å². The molecule has 0 unspecified atom stereocenters. The first-order valence-electron chi connectivity index (χ1n) is 12.5. The molecular formula is C29H26F2N6O. The first kappa shape index (κ1) is 23.9. The van der Waals surface area contributed by atoms with Gasteiger partial charge in [0.25, 0.3) is 0 Å². The Labute approximate surface area is 216 Å². The fourth-order valence-corrected chi connectivity index (χ4v) is 5.06. The van der Waals surface area contributed by atoms with Gasteiger partial charge in [-0.05, 0) is 54.9 Å². The molecule has 6 aromatic rings. The van der Waals surface area contributed by atoms with Crippen molar-refractivity contribution < 1.29 is 8.78 Å². The molecule has 9 heteroatoms. The molecule has 3 aromatic carbocycles. The van der Waals surface area contributed by atoms with Crippen LogP contribution in [-0.2, 0) is 20.1 Å². The van der Waals surface area contributed by atoms with Crippen LogP contribution in [0.15, 0.2) is 83.9 Å².